The van der Waals surface area contributed by atoms with Crippen LogP contribution in [-0.4, -0.2) is 55.1 Å². The molecule has 2 amide bonds. The van der Waals surface area contributed by atoms with Crippen LogP contribution in [0, 0.1) is 0 Å². The van der Waals surface area contributed by atoms with Crippen molar-refractivity contribution in [3.8, 4) is 0 Å². The molecule has 1 saturated carbocycles. The molecule has 0 aromatic heterocycles. The number of halogens is 3. The van der Waals surface area contributed by atoms with E-state index < -0.39 is 28.5 Å². The second kappa shape index (κ2) is 13.3. The summed E-state index contributed by atoms with van der Waals surface area (Å²) in [6.07, 6.45) is 5.42. The molecule has 1 atom stereocenters. The second-order valence-electron chi connectivity index (χ2n) is 9.24. The summed E-state index contributed by atoms with van der Waals surface area (Å²) in [6, 6.07) is 9.92. The zero-order valence-corrected chi connectivity index (χ0v) is 24.0. The Balaban J connectivity index is 1.86. The van der Waals surface area contributed by atoms with Crippen molar-refractivity contribution in [3.63, 3.8) is 0 Å². The van der Waals surface area contributed by atoms with E-state index in [4.69, 9.17) is 34.8 Å². The summed E-state index contributed by atoms with van der Waals surface area (Å²) in [5.41, 5.74) is 0.603. The van der Waals surface area contributed by atoms with E-state index in [2.05, 4.69) is 5.32 Å². The predicted octanol–water partition coefficient (Wildman–Crippen LogP) is 5.52. The van der Waals surface area contributed by atoms with E-state index in [0.717, 1.165) is 36.4 Å². The number of nitrogens with one attached hydrogen (secondary N) is 1. The van der Waals surface area contributed by atoms with Gasteiger partial charge < -0.3 is 10.2 Å². The van der Waals surface area contributed by atoms with Gasteiger partial charge in [-0.3, -0.25) is 9.59 Å². The van der Waals surface area contributed by atoms with Crippen LogP contribution < -0.4 is 5.32 Å². The average Bonchev–Trinajstić information content (AvgIpc) is 2.86. The Kier molecular flexibility index (Phi) is 10.7. The fourth-order valence-electron chi connectivity index (χ4n) is 4.45. The lowest BCUT2D eigenvalue weighted by atomic mass is 9.95. The van der Waals surface area contributed by atoms with Crippen molar-refractivity contribution < 1.29 is 18.0 Å². The summed E-state index contributed by atoms with van der Waals surface area (Å²) >= 11 is 18.3. The molecule has 1 aliphatic rings. The lowest BCUT2D eigenvalue weighted by Gasteiger charge is -2.33. The van der Waals surface area contributed by atoms with E-state index in [1.807, 2.05) is 6.92 Å². The molecule has 0 heterocycles. The Morgan fingerprint density at radius 2 is 1.62 bits per heavy atom. The number of carbonyl (C=O) groups excluding carboxylic acids is 2. The smallest absolute Gasteiger partial charge is 0.243 e. The van der Waals surface area contributed by atoms with Gasteiger partial charge in [-0.1, -0.05) is 67.1 Å². The number of hydrogen-bond donors (Lipinski definition) is 1. The molecule has 0 spiro atoms. The molecule has 2 aromatic rings. The van der Waals surface area contributed by atoms with Gasteiger partial charge in [-0.05, 0) is 61.2 Å². The summed E-state index contributed by atoms with van der Waals surface area (Å²) in [4.78, 5) is 28.4. The second-order valence-corrected chi connectivity index (χ2v) is 12.6. The number of sulfonamides is 1. The van der Waals surface area contributed by atoms with Gasteiger partial charge in [0.25, 0.3) is 0 Å². The van der Waals surface area contributed by atoms with Gasteiger partial charge >= 0.3 is 0 Å². The average molecular weight is 589 g/mol. The lowest BCUT2D eigenvalue weighted by Crippen LogP contribution is -2.53. The maximum atomic E-state index is 13.6. The van der Waals surface area contributed by atoms with E-state index in [1.165, 1.54) is 36.2 Å². The SMILES string of the molecule is CCC(C(=O)NC1CCCCC1)N(Cc1ccc(Cl)cc1Cl)C(=O)CN(C)S(=O)(=O)c1ccc(Cl)cc1. The highest BCUT2D eigenvalue weighted by Crippen LogP contribution is 2.25. The minimum Gasteiger partial charge on any atom is -0.352 e. The van der Waals surface area contributed by atoms with Gasteiger partial charge in [-0.15, -0.1) is 0 Å². The number of rotatable bonds is 10. The van der Waals surface area contributed by atoms with E-state index in [9.17, 15) is 18.0 Å². The molecule has 1 unspecified atom stereocenters. The van der Waals surface area contributed by atoms with Crippen LogP contribution in [0.1, 0.15) is 51.0 Å². The lowest BCUT2D eigenvalue weighted by molar-refractivity contribution is -0.141. The number of nitrogens with zero attached hydrogens (tertiary/aromatic N) is 2. The zero-order chi connectivity index (χ0) is 27.2. The third-order valence-electron chi connectivity index (χ3n) is 6.57. The molecule has 0 aliphatic heterocycles. The molecule has 11 heteroatoms. The molecular formula is C26H32Cl3N3O4S. The van der Waals surface area contributed by atoms with Gasteiger partial charge in [0.15, 0.2) is 0 Å². The van der Waals surface area contributed by atoms with Gasteiger partial charge in [0, 0.05) is 34.7 Å². The molecule has 7 nitrogen and oxygen atoms in total. The van der Waals surface area contributed by atoms with E-state index >= 15 is 0 Å². The molecule has 1 aliphatic carbocycles. The highest BCUT2D eigenvalue weighted by atomic mass is 35.5. The van der Waals surface area contributed by atoms with Gasteiger partial charge in [-0.2, -0.15) is 4.31 Å². The molecule has 1 fully saturated rings. The van der Waals surface area contributed by atoms with Crippen molar-refractivity contribution in [1.29, 1.82) is 0 Å². The van der Waals surface area contributed by atoms with Gasteiger partial charge in [0.1, 0.15) is 6.04 Å². The first-order valence-corrected chi connectivity index (χ1v) is 14.9. The molecular weight excluding hydrogens is 557 g/mol. The summed E-state index contributed by atoms with van der Waals surface area (Å²) in [5.74, 6) is -0.771. The van der Waals surface area contributed by atoms with Gasteiger partial charge in [0.2, 0.25) is 21.8 Å². The minimum atomic E-state index is -3.96. The first-order valence-electron chi connectivity index (χ1n) is 12.3. The van der Waals surface area contributed by atoms with E-state index in [1.54, 1.807) is 18.2 Å². The number of hydrogen-bond acceptors (Lipinski definition) is 4. The zero-order valence-electron chi connectivity index (χ0n) is 20.9. The number of benzene rings is 2. The third-order valence-corrected chi connectivity index (χ3v) is 9.23. The first kappa shape index (κ1) is 29.7. The minimum absolute atomic E-state index is 0.0154. The fraction of sp³-hybridized carbons (Fsp3) is 0.462. The van der Waals surface area contributed by atoms with Crippen molar-refractivity contribution in [3.05, 3.63) is 63.1 Å². The Bertz CT molecular complexity index is 1200. The van der Waals surface area contributed by atoms with Crippen molar-refractivity contribution in [2.24, 2.45) is 0 Å². The Hall–Kier alpha value is -1.84. The molecule has 2 aromatic carbocycles. The Labute approximate surface area is 234 Å². The monoisotopic (exact) mass is 587 g/mol. The normalized spacial score (nSPS) is 15.4. The predicted molar refractivity (Wildman–Crippen MR) is 147 cm³/mol. The van der Waals surface area contributed by atoms with Crippen molar-refractivity contribution in [2.45, 2.75) is 69.0 Å². The molecule has 0 radical (unpaired) electrons. The largest absolute Gasteiger partial charge is 0.352 e. The van der Waals surface area contributed by atoms with Crippen LogP contribution in [0.5, 0.6) is 0 Å². The molecule has 37 heavy (non-hydrogen) atoms. The third kappa shape index (κ3) is 7.83. The summed E-state index contributed by atoms with van der Waals surface area (Å²) in [7, 11) is -2.63. The fourth-order valence-corrected chi connectivity index (χ4v) is 6.16. The van der Waals surface area contributed by atoms with Crippen LogP contribution in [-0.2, 0) is 26.2 Å². The number of likely N-dealkylation sites (N-methyl/N-ethyl adjacent to an activating group) is 1. The maximum Gasteiger partial charge on any atom is 0.243 e. The summed E-state index contributed by atoms with van der Waals surface area (Å²) in [5, 5.41) is 4.30. The van der Waals surface area contributed by atoms with Crippen LogP contribution in [0.15, 0.2) is 47.4 Å². The van der Waals surface area contributed by atoms with Crippen LogP contribution in [0.3, 0.4) is 0 Å². The standard InChI is InChI=1S/C26H32Cl3N3O4S/c1-3-24(26(34)30-21-7-5-4-6-8-21)32(16-18-9-10-20(28)15-23(18)29)25(33)17-31(2)37(35,36)22-13-11-19(27)12-14-22/h9-15,21,24H,3-8,16-17H2,1-2H3,(H,30,34). The topological polar surface area (TPSA) is 86.8 Å². The highest BCUT2D eigenvalue weighted by molar-refractivity contribution is 7.89. The molecule has 3 rings (SSSR count). The van der Waals surface area contributed by atoms with Crippen LogP contribution in [0.25, 0.3) is 0 Å². The number of amides is 2. The van der Waals surface area contributed by atoms with E-state index in [-0.39, 0.29) is 23.4 Å². The van der Waals surface area contributed by atoms with Gasteiger partial charge in [-0.25, -0.2) is 8.42 Å². The molecule has 0 saturated heterocycles. The summed E-state index contributed by atoms with van der Waals surface area (Å²) < 4.78 is 27.1. The molecule has 202 valence electrons. The Morgan fingerprint density at radius 1 is 1.00 bits per heavy atom. The maximum absolute atomic E-state index is 13.6. The van der Waals surface area contributed by atoms with Crippen molar-refractivity contribution in [2.75, 3.05) is 13.6 Å². The van der Waals surface area contributed by atoms with Crippen LogP contribution >= 0.6 is 34.8 Å². The highest BCUT2D eigenvalue weighted by Gasteiger charge is 2.33. The van der Waals surface area contributed by atoms with Crippen LogP contribution in [0.4, 0.5) is 0 Å². The van der Waals surface area contributed by atoms with E-state index in [0.29, 0.717) is 27.1 Å². The summed E-state index contributed by atoms with van der Waals surface area (Å²) in [6.45, 7) is 1.40. The van der Waals surface area contributed by atoms with Crippen LogP contribution in [0.2, 0.25) is 15.1 Å². The van der Waals surface area contributed by atoms with Crippen molar-refractivity contribution >= 4 is 56.6 Å². The first-order chi connectivity index (χ1) is 17.5. The Morgan fingerprint density at radius 3 is 2.22 bits per heavy atom. The molecule has 1 N–H and O–H groups in total. The van der Waals surface area contributed by atoms with Gasteiger partial charge in [0.05, 0.1) is 11.4 Å². The number of carbonyl (C=O) groups is 2. The quantitative estimate of drug-likeness (QED) is 0.396. The van der Waals surface area contributed by atoms with Crippen molar-refractivity contribution in [1.82, 2.24) is 14.5 Å². The molecule has 0 bridgehead atoms.